The van der Waals surface area contributed by atoms with Crippen molar-refractivity contribution in [3.05, 3.63) is 35.1 Å². The Bertz CT molecular complexity index is 524. The summed E-state index contributed by atoms with van der Waals surface area (Å²) in [7, 11) is 4.03. The van der Waals surface area contributed by atoms with Crippen molar-refractivity contribution in [2.75, 3.05) is 27.2 Å². The van der Waals surface area contributed by atoms with Crippen LogP contribution in [0.2, 0.25) is 0 Å². The summed E-state index contributed by atoms with van der Waals surface area (Å²) in [4.78, 5) is 4.52. The van der Waals surface area contributed by atoms with E-state index in [9.17, 15) is 9.50 Å². The maximum absolute atomic E-state index is 13.4. The number of aliphatic hydroxyl groups is 1. The fraction of sp³-hybridized carbons (Fsp3) is 0.533. The molecular formula is C15H22FN3OS. The monoisotopic (exact) mass is 311 g/mol. The van der Waals surface area contributed by atoms with Crippen molar-refractivity contribution in [1.82, 2.24) is 9.80 Å². The lowest BCUT2D eigenvalue weighted by atomic mass is 10.1. The minimum absolute atomic E-state index is 0.202. The first-order valence-corrected chi connectivity index (χ1v) is 7.42. The fourth-order valence-corrected chi connectivity index (χ4v) is 3.09. The van der Waals surface area contributed by atoms with E-state index in [1.165, 1.54) is 12.1 Å². The van der Waals surface area contributed by atoms with E-state index in [-0.39, 0.29) is 23.0 Å². The highest BCUT2D eigenvalue weighted by Gasteiger charge is 2.31. The zero-order valence-corrected chi connectivity index (χ0v) is 13.2. The van der Waals surface area contributed by atoms with Gasteiger partial charge in [-0.05, 0) is 38.2 Å². The van der Waals surface area contributed by atoms with Crippen molar-refractivity contribution in [2.24, 2.45) is 5.73 Å². The molecule has 1 fully saturated rings. The van der Waals surface area contributed by atoms with Gasteiger partial charge >= 0.3 is 0 Å². The SMILES string of the molecule is CN(C)CC1CC(O)CN1Cc1ccc(F)cc1C(N)=S. The van der Waals surface area contributed by atoms with Crippen LogP contribution in [0.25, 0.3) is 0 Å². The lowest BCUT2D eigenvalue weighted by Crippen LogP contribution is -2.37. The van der Waals surface area contributed by atoms with Crippen molar-refractivity contribution in [3.8, 4) is 0 Å². The van der Waals surface area contributed by atoms with Crippen molar-refractivity contribution < 1.29 is 9.50 Å². The predicted molar refractivity (Wildman–Crippen MR) is 85.7 cm³/mol. The van der Waals surface area contributed by atoms with Gasteiger partial charge in [-0.25, -0.2) is 4.39 Å². The Labute approximate surface area is 130 Å². The quantitative estimate of drug-likeness (QED) is 0.793. The minimum atomic E-state index is -0.340. The van der Waals surface area contributed by atoms with Gasteiger partial charge in [0.05, 0.1) is 6.10 Å². The van der Waals surface area contributed by atoms with Crippen LogP contribution in [-0.2, 0) is 6.54 Å². The van der Waals surface area contributed by atoms with Gasteiger partial charge in [0.2, 0.25) is 0 Å². The van der Waals surface area contributed by atoms with Gasteiger partial charge < -0.3 is 15.7 Å². The zero-order chi connectivity index (χ0) is 15.6. The molecule has 21 heavy (non-hydrogen) atoms. The Balaban J connectivity index is 2.18. The Morgan fingerprint density at radius 1 is 1.52 bits per heavy atom. The summed E-state index contributed by atoms with van der Waals surface area (Å²) >= 11 is 5.01. The normalized spacial score (nSPS) is 22.9. The Kier molecular flexibility index (Phi) is 5.27. The van der Waals surface area contributed by atoms with Crippen molar-refractivity contribution in [1.29, 1.82) is 0 Å². The van der Waals surface area contributed by atoms with Gasteiger partial charge in [0.25, 0.3) is 0 Å². The number of benzene rings is 1. The second kappa shape index (κ2) is 6.79. The second-order valence-electron chi connectivity index (χ2n) is 5.90. The standard InChI is InChI=1S/C15H22FN3OS/c1-18(2)8-12-6-13(20)9-19(12)7-10-3-4-11(16)5-14(10)15(17)21/h3-5,12-13,20H,6-9H2,1-2H3,(H2,17,21). The number of halogens is 1. The third kappa shape index (κ3) is 4.20. The number of thiocarbonyl (C=S) groups is 1. The molecule has 6 heteroatoms. The van der Waals surface area contributed by atoms with E-state index in [4.69, 9.17) is 18.0 Å². The van der Waals surface area contributed by atoms with Crippen LogP contribution in [0.5, 0.6) is 0 Å². The summed E-state index contributed by atoms with van der Waals surface area (Å²) in [6, 6.07) is 4.80. The number of rotatable bonds is 5. The molecule has 0 radical (unpaired) electrons. The molecule has 0 spiro atoms. The first kappa shape index (κ1) is 16.3. The topological polar surface area (TPSA) is 52.7 Å². The summed E-state index contributed by atoms with van der Waals surface area (Å²) in [5, 5.41) is 9.91. The molecule has 3 N–H and O–H groups in total. The summed E-state index contributed by atoms with van der Waals surface area (Å²) < 4.78 is 13.4. The molecule has 0 amide bonds. The first-order valence-electron chi connectivity index (χ1n) is 7.02. The number of likely N-dealkylation sites (tertiary alicyclic amines) is 1. The summed E-state index contributed by atoms with van der Waals surface area (Å²) in [6.45, 7) is 2.11. The summed E-state index contributed by atoms with van der Waals surface area (Å²) in [5.41, 5.74) is 7.17. The molecule has 2 atom stereocenters. The van der Waals surface area contributed by atoms with E-state index < -0.39 is 0 Å². The number of hydrogen-bond acceptors (Lipinski definition) is 4. The predicted octanol–water partition coefficient (Wildman–Crippen LogP) is 0.957. The molecule has 1 aromatic carbocycles. The molecule has 1 aromatic rings. The van der Waals surface area contributed by atoms with E-state index in [1.54, 1.807) is 6.07 Å². The van der Waals surface area contributed by atoms with Gasteiger partial charge in [0, 0.05) is 31.2 Å². The zero-order valence-electron chi connectivity index (χ0n) is 12.4. The maximum atomic E-state index is 13.4. The van der Waals surface area contributed by atoms with Crippen LogP contribution in [0.3, 0.4) is 0 Å². The molecule has 0 aliphatic carbocycles. The number of nitrogens with zero attached hydrogens (tertiary/aromatic N) is 2. The van der Waals surface area contributed by atoms with Crippen LogP contribution >= 0.6 is 12.2 Å². The van der Waals surface area contributed by atoms with Crippen LogP contribution in [-0.4, -0.2) is 59.2 Å². The van der Waals surface area contributed by atoms with Crippen LogP contribution in [0, 0.1) is 5.82 Å². The summed E-state index contributed by atoms with van der Waals surface area (Å²) in [5.74, 6) is -0.340. The lowest BCUT2D eigenvalue weighted by molar-refractivity contribution is 0.169. The van der Waals surface area contributed by atoms with Crippen LogP contribution in [0.15, 0.2) is 18.2 Å². The average Bonchev–Trinajstić information content (AvgIpc) is 2.70. The molecule has 1 heterocycles. The van der Waals surface area contributed by atoms with Gasteiger partial charge in [-0.15, -0.1) is 0 Å². The van der Waals surface area contributed by atoms with Gasteiger partial charge in [-0.3, -0.25) is 4.90 Å². The Morgan fingerprint density at radius 2 is 2.24 bits per heavy atom. The molecule has 4 nitrogen and oxygen atoms in total. The van der Waals surface area contributed by atoms with Crippen LogP contribution in [0.4, 0.5) is 4.39 Å². The number of likely N-dealkylation sites (N-methyl/N-ethyl adjacent to an activating group) is 1. The fourth-order valence-electron chi connectivity index (χ4n) is 2.90. The molecule has 1 aliphatic rings. The molecule has 116 valence electrons. The number of aliphatic hydroxyl groups excluding tert-OH is 1. The smallest absolute Gasteiger partial charge is 0.123 e. The van der Waals surface area contributed by atoms with Crippen LogP contribution in [0.1, 0.15) is 17.5 Å². The highest BCUT2D eigenvalue weighted by molar-refractivity contribution is 7.80. The highest BCUT2D eigenvalue weighted by Crippen LogP contribution is 2.23. The Hall–Kier alpha value is -1.08. The van der Waals surface area contributed by atoms with Gasteiger partial charge in [-0.2, -0.15) is 0 Å². The average molecular weight is 311 g/mol. The lowest BCUT2D eigenvalue weighted by Gasteiger charge is -2.27. The third-order valence-corrected chi connectivity index (χ3v) is 4.01. The van der Waals surface area contributed by atoms with Crippen molar-refractivity contribution >= 4 is 17.2 Å². The van der Waals surface area contributed by atoms with Gasteiger partial charge in [0.15, 0.2) is 0 Å². The van der Waals surface area contributed by atoms with Crippen LogP contribution < -0.4 is 5.73 Å². The number of hydrogen-bond donors (Lipinski definition) is 2. The molecule has 2 rings (SSSR count). The van der Waals surface area contributed by atoms with E-state index in [0.29, 0.717) is 18.7 Å². The van der Waals surface area contributed by atoms with Gasteiger partial charge in [0.1, 0.15) is 10.8 Å². The van der Waals surface area contributed by atoms with E-state index in [0.717, 1.165) is 18.5 Å². The number of β-amino-alcohol motifs (C(OH)–C–C–N with tert-alkyl or cyclic N) is 1. The maximum Gasteiger partial charge on any atom is 0.123 e. The van der Waals surface area contributed by atoms with E-state index in [2.05, 4.69) is 9.80 Å². The molecule has 1 saturated heterocycles. The first-order chi connectivity index (χ1) is 9.86. The Morgan fingerprint density at radius 3 is 2.86 bits per heavy atom. The molecular weight excluding hydrogens is 289 g/mol. The molecule has 0 aromatic heterocycles. The molecule has 0 saturated carbocycles. The van der Waals surface area contributed by atoms with E-state index >= 15 is 0 Å². The molecule has 2 unspecified atom stereocenters. The molecule has 0 bridgehead atoms. The minimum Gasteiger partial charge on any atom is -0.392 e. The summed E-state index contributed by atoms with van der Waals surface area (Å²) in [6.07, 6.45) is 0.436. The second-order valence-corrected chi connectivity index (χ2v) is 6.34. The largest absolute Gasteiger partial charge is 0.392 e. The molecule has 1 aliphatic heterocycles. The van der Waals surface area contributed by atoms with Gasteiger partial charge in [-0.1, -0.05) is 18.3 Å². The highest BCUT2D eigenvalue weighted by atomic mass is 32.1. The van der Waals surface area contributed by atoms with Crippen molar-refractivity contribution in [3.63, 3.8) is 0 Å². The number of nitrogens with two attached hydrogens (primary N) is 1. The van der Waals surface area contributed by atoms with E-state index in [1.807, 2.05) is 14.1 Å². The van der Waals surface area contributed by atoms with Crippen molar-refractivity contribution in [2.45, 2.75) is 25.1 Å². The third-order valence-electron chi connectivity index (χ3n) is 3.79.